The molecule has 1 saturated heterocycles. The minimum Gasteiger partial charge on any atom is -0.356 e. The summed E-state index contributed by atoms with van der Waals surface area (Å²) in [7, 11) is 0. The number of anilines is 3. The smallest absolute Gasteiger partial charge is 0.249 e. The van der Waals surface area contributed by atoms with Crippen LogP contribution in [0.2, 0.25) is 0 Å². The predicted octanol–water partition coefficient (Wildman–Crippen LogP) is 3.44. The van der Waals surface area contributed by atoms with Crippen LogP contribution in [-0.4, -0.2) is 41.6 Å². The summed E-state index contributed by atoms with van der Waals surface area (Å²) in [6, 6.07) is -0.166. The van der Waals surface area contributed by atoms with Gasteiger partial charge < -0.3 is 15.1 Å². The molecule has 0 bridgehead atoms. The topological polar surface area (TPSA) is 61.4 Å². The lowest BCUT2D eigenvalue weighted by Crippen LogP contribution is -2.49. The molecule has 0 unspecified atom stereocenters. The van der Waals surface area contributed by atoms with E-state index < -0.39 is 0 Å². The Morgan fingerprint density at radius 3 is 2.72 bits per heavy atom. The van der Waals surface area contributed by atoms with Crippen LogP contribution in [0.1, 0.15) is 59.3 Å². The van der Waals surface area contributed by atoms with Crippen molar-refractivity contribution >= 4 is 23.2 Å². The largest absolute Gasteiger partial charge is 0.356 e. The van der Waals surface area contributed by atoms with Crippen molar-refractivity contribution in [3.05, 3.63) is 6.33 Å². The van der Waals surface area contributed by atoms with Gasteiger partial charge in [-0.2, -0.15) is 0 Å². The summed E-state index contributed by atoms with van der Waals surface area (Å²) in [6.07, 6.45) is 7.98. The van der Waals surface area contributed by atoms with Crippen LogP contribution < -0.4 is 15.1 Å². The number of hydrogen-bond acceptors (Lipinski definition) is 5. The quantitative estimate of drug-likeness (QED) is 0.820. The van der Waals surface area contributed by atoms with Gasteiger partial charge in [0.05, 0.1) is 0 Å². The maximum Gasteiger partial charge on any atom is 0.249 e. The fourth-order valence-corrected chi connectivity index (χ4v) is 3.62. The van der Waals surface area contributed by atoms with Crippen molar-refractivity contribution in [3.8, 4) is 0 Å². The van der Waals surface area contributed by atoms with Crippen molar-refractivity contribution in [2.75, 3.05) is 34.8 Å². The number of unbranched alkanes of at least 4 members (excludes halogenated alkanes) is 1. The van der Waals surface area contributed by atoms with Crippen molar-refractivity contribution in [3.63, 3.8) is 0 Å². The minimum absolute atomic E-state index is 0.166. The van der Waals surface area contributed by atoms with Crippen molar-refractivity contribution in [2.24, 2.45) is 5.92 Å². The second kappa shape index (κ2) is 8.02. The molecule has 2 aliphatic heterocycles. The Bertz CT molecular complexity index is 597. The molecule has 6 nitrogen and oxygen atoms in total. The van der Waals surface area contributed by atoms with Gasteiger partial charge in [0.1, 0.15) is 18.1 Å². The molecule has 0 radical (unpaired) electrons. The highest BCUT2D eigenvalue weighted by Gasteiger charge is 2.36. The number of carbonyl (C=O) groups excluding carboxylic acids is 1. The van der Waals surface area contributed by atoms with Crippen molar-refractivity contribution in [1.82, 2.24) is 9.97 Å². The molecule has 0 saturated carbocycles. The summed E-state index contributed by atoms with van der Waals surface area (Å²) in [5.74, 6) is 2.47. The first kappa shape index (κ1) is 18.0. The lowest BCUT2D eigenvalue weighted by atomic mass is 10.0. The van der Waals surface area contributed by atoms with E-state index in [9.17, 15) is 4.79 Å². The van der Waals surface area contributed by atoms with E-state index in [1.54, 1.807) is 6.33 Å². The number of amides is 1. The number of rotatable bonds is 7. The molecule has 0 spiro atoms. The Hall–Kier alpha value is -1.85. The average molecular weight is 345 g/mol. The fraction of sp³-hybridized carbons (Fsp3) is 0.737. The van der Waals surface area contributed by atoms with Crippen LogP contribution in [0.3, 0.4) is 0 Å². The molecule has 1 atom stereocenters. The van der Waals surface area contributed by atoms with Crippen molar-refractivity contribution in [1.29, 1.82) is 0 Å². The van der Waals surface area contributed by atoms with Gasteiger partial charge in [0.25, 0.3) is 0 Å². The highest BCUT2D eigenvalue weighted by Crippen LogP contribution is 2.39. The van der Waals surface area contributed by atoms with Crippen LogP contribution in [0, 0.1) is 5.92 Å². The SMILES string of the molecule is CCCC[C@@H]1Nc2ncnc(N3CCCC3)c2N(CCC(C)C)C1=O. The molecular formula is C19H31N5O. The number of hydrogen-bond donors (Lipinski definition) is 1. The Morgan fingerprint density at radius 2 is 2.04 bits per heavy atom. The number of aromatic nitrogens is 2. The Kier molecular flexibility index (Phi) is 5.76. The van der Waals surface area contributed by atoms with Gasteiger partial charge in [0.15, 0.2) is 11.6 Å². The highest BCUT2D eigenvalue weighted by atomic mass is 16.2. The van der Waals surface area contributed by atoms with Crippen molar-refractivity contribution in [2.45, 2.75) is 65.3 Å². The lowest BCUT2D eigenvalue weighted by Gasteiger charge is -2.37. The number of carbonyl (C=O) groups is 1. The number of nitrogens with zero attached hydrogens (tertiary/aromatic N) is 4. The van der Waals surface area contributed by atoms with Crippen LogP contribution in [0.15, 0.2) is 6.33 Å². The summed E-state index contributed by atoms with van der Waals surface area (Å²) in [5, 5.41) is 3.39. The van der Waals surface area contributed by atoms with E-state index in [-0.39, 0.29) is 11.9 Å². The summed E-state index contributed by atoms with van der Waals surface area (Å²) >= 11 is 0. The summed E-state index contributed by atoms with van der Waals surface area (Å²) in [4.78, 5) is 26.4. The zero-order valence-electron chi connectivity index (χ0n) is 15.8. The van der Waals surface area contributed by atoms with E-state index in [0.717, 1.165) is 62.6 Å². The maximum absolute atomic E-state index is 13.2. The van der Waals surface area contributed by atoms with E-state index in [1.165, 1.54) is 12.8 Å². The van der Waals surface area contributed by atoms with Crippen LogP contribution in [0.25, 0.3) is 0 Å². The van der Waals surface area contributed by atoms with E-state index in [1.807, 2.05) is 4.90 Å². The summed E-state index contributed by atoms with van der Waals surface area (Å²) < 4.78 is 0. The molecule has 1 fully saturated rings. The standard InChI is InChI=1S/C19H31N5O/c1-4-5-8-15-19(25)24(12-9-14(2)3)16-17(22-15)20-13-21-18(16)23-10-6-7-11-23/h13-15H,4-12H2,1-3H3,(H,20,21,22)/t15-/m0/s1. The Balaban J connectivity index is 1.94. The van der Waals surface area contributed by atoms with Crippen LogP contribution in [-0.2, 0) is 4.79 Å². The van der Waals surface area contributed by atoms with Gasteiger partial charge in [-0.05, 0) is 31.6 Å². The first-order valence-corrected chi connectivity index (χ1v) is 9.79. The molecule has 0 aliphatic carbocycles. The first-order chi connectivity index (χ1) is 12.1. The zero-order chi connectivity index (χ0) is 17.8. The van der Waals surface area contributed by atoms with Gasteiger partial charge in [-0.25, -0.2) is 9.97 Å². The van der Waals surface area contributed by atoms with Crippen LogP contribution in [0.4, 0.5) is 17.3 Å². The third-order valence-corrected chi connectivity index (χ3v) is 5.13. The fourth-order valence-electron chi connectivity index (χ4n) is 3.62. The third kappa shape index (κ3) is 3.88. The van der Waals surface area contributed by atoms with Gasteiger partial charge in [-0.15, -0.1) is 0 Å². The average Bonchev–Trinajstić information content (AvgIpc) is 3.13. The Labute approximate surface area is 151 Å². The van der Waals surface area contributed by atoms with E-state index in [2.05, 4.69) is 41.0 Å². The van der Waals surface area contributed by atoms with Crippen LogP contribution >= 0.6 is 0 Å². The lowest BCUT2D eigenvalue weighted by molar-refractivity contribution is -0.119. The second-order valence-electron chi connectivity index (χ2n) is 7.60. The van der Waals surface area contributed by atoms with Gasteiger partial charge in [-0.1, -0.05) is 33.6 Å². The molecular weight excluding hydrogens is 314 g/mol. The van der Waals surface area contributed by atoms with Crippen molar-refractivity contribution < 1.29 is 4.79 Å². The third-order valence-electron chi connectivity index (χ3n) is 5.13. The van der Waals surface area contributed by atoms with Gasteiger partial charge in [0, 0.05) is 19.6 Å². The monoisotopic (exact) mass is 345 g/mol. The molecule has 2 aliphatic rings. The maximum atomic E-state index is 13.2. The summed E-state index contributed by atoms with van der Waals surface area (Å²) in [6.45, 7) is 9.31. The zero-order valence-corrected chi connectivity index (χ0v) is 15.8. The van der Waals surface area contributed by atoms with E-state index in [0.29, 0.717) is 5.92 Å². The summed E-state index contributed by atoms with van der Waals surface area (Å²) in [5.41, 5.74) is 0.891. The molecule has 3 heterocycles. The predicted molar refractivity (Wildman–Crippen MR) is 102 cm³/mol. The van der Waals surface area contributed by atoms with Gasteiger partial charge >= 0.3 is 0 Å². The van der Waals surface area contributed by atoms with Crippen LogP contribution in [0.5, 0.6) is 0 Å². The van der Waals surface area contributed by atoms with E-state index >= 15 is 0 Å². The highest BCUT2D eigenvalue weighted by molar-refractivity contribution is 6.06. The molecule has 1 aromatic heterocycles. The molecule has 0 aromatic carbocycles. The van der Waals surface area contributed by atoms with Gasteiger partial charge in [0.2, 0.25) is 5.91 Å². The first-order valence-electron chi connectivity index (χ1n) is 9.79. The minimum atomic E-state index is -0.166. The molecule has 1 N–H and O–H groups in total. The molecule has 1 aromatic rings. The van der Waals surface area contributed by atoms with Gasteiger partial charge in [-0.3, -0.25) is 4.79 Å². The van der Waals surface area contributed by atoms with E-state index in [4.69, 9.17) is 0 Å². The number of fused-ring (bicyclic) bond motifs is 1. The Morgan fingerprint density at radius 1 is 1.28 bits per heavy atom. The molecule has 25 heavy (non-hydrogen) atoms. The second-order valence-corrected chi connectivity index (χ2v) is 7.60. The number of nitrogens with one attached hydrogen (secondary N) is 1. The molecule has 3 rings (SSSR count). The molecule has 6 heteroatoms. The normalized spacial score (nSPS) is 20.2. The molecule has 138 valence electrons. The molecule has 1 amide bonds.